The van der Waals surface area contributed by atoms with Gasteiger partial charge in [-0.1, -0.05) is 30.3 Å². The Morgan fingerprint density at radius 2 is 1.79 bits per heavy atom. The van der Waals surface area contributed by atoms with Crippen LogP contribution in [0.4, 0.5) is 4.79 Å². The van der Waals surface area contributed by atoms with Crippen LogP contribution in [-0.4, -0.2) is 29.0 Å². The van der Waals surface area contributed by atoms with Gasteiger partial charge >= 0.3 is 6.09 Å². The van der Waals surface area contributed by atoms with Crippen molar-refractivity contribution in [2.45, 2.75) is 52.2 Å². The summed E-state index contributed by atoms with van der Waals surface area (Å²) in [6.45, 7) is 6.27. The highest BCUT2D eigenvalue weighted by atomic mass is 16.6. The summed E-state index contributed by atoms with van der Waals surface area (Å²) in [4.78, 5) is 28.3. The van der Waals surface area contributed by atoms with Gasteiger partial charge in [-0.3, -0.25) is 4.79 Å². The van der Waals surface area contributed by atoms with E-state index >= 15 is 0 Å². The summed E-state index contributed by atoms with van der Waals surface area (Å²) in [5.41, 5.74) is 0.981. The summed E-state index contributed by atoms with van der Waals surface area (Å²) >= 11 is 0. The Morgan fingerprint density at radius 1 is 1.04 bits per heavy atom. The molecule has 6 heteroatoms. The van der Waals surface area contributed by atoms with Crippen molar-refractivity contribution in [1.82, 2.24) is 10.3 Å². The quantitative estimate of drug-likeness (QED) is 0.507. The Hall–Kier alpha value is -2.89. The van der Waals surface area contributed by atoms with E-state index < -0.39 is 11.7 Å². The van der Waals surface area contributed by atoms with Gasteiger partial charge in [0.05, 0.1) is 5.56 Å². The van der Waals surface area contributed by atoms with Crippen molar-refractivity contribution in [2.24, 2.45) is 0 Å². The lowest BCUT2D eigenvalue weighted by Crippen LogP contribution is -2.33. The standard InChI is InChI=1S/C22H28N2O4/c1-22(2,3)28-21(26)24-14-8-7-13-19(25)18-12-9-15-23-20(18)27-16-17-10-5-4-6-11-17/h4-6,9-12,15H,7-8,13-14,16H2,1-3H3,(H,24,26). The highest BCUT2D eigenvalue weighted by Gasteiger charge is 2.16. The molecule has 2 rings (SSSR count). The molecule has 28 heavy (non-hydrogen) atoms. The molecule has 1 aromatic heterocycles. The first-order chi connectivity index (χ1) is 13.3. The van der Waals surface area contributed by atoms with Crippen molar-refractivity contribution in [2.75, 3.05) is 6.54 Å². The van der Waals surface area contributed by atoms with Gasteiger partial charge in [0.15, 0.2) is 5.78 Å². The SMILES string of the molecule is CC(C)(C)OC(=O)NCCCCC(=O)c1cccnc1OCc1ccccc1. The van der Waals surface area contributed by atoms with Crippen molar-refractivity contribution in [3.05, 3.63) is 59.8 Å². The van der Waals surface area contributed by atoms with Crippen LogP contribution in [0.2, 0.25) is 0 Å². The number of alkyl carbamates (subject to hydrolysis) is 1. The van der Waals surface area contributed by atoms with Crippen LogP contribution in [-0.2, 0) is 11.3 Å². The third-order valence-electron chi connectivity index (χ3n) is 3.79. The molecule has 0 atom stereocenters. The number of ether oxygens (including phenoxy) is 2. The number of aromatic nitrogens is 1. The lowest BCUT2D eigenvalue weighted by molar-refractivity contribution is 0.0527. The van der Waals surface area contributed by atoms with Gasteiger partial charge in [-0.25, -0.2) is 9.78 Å². The van der Waals surface area contributed by atoms with E-state index in [1.54, 1.807) is 18.3 Å². The molecule has 1 N–H and O–H groups in total. The number of carbonyl (C=O) groups is 2. The van der Waals surface area contributed by atoms with Gasteiger partial charge in [0, 0.05) is 19.2 Å². The zero-order valence-corrected chi connectivity index (χ0v) is 16.7. The normalized spacial score (nSPS) is 11.0. The summed E-state index contributed by atoms with van der Waals surface area (Å²) in [5.74, 6) is 0.330. The number of Topliss-reactive ketones (excluding diaryl/α,β-unsaturated/α-hetero) is 1. The number of unbranched alkanes of at least 4 members (excludes halogenated alkanes) is 1. The molecule has 1 aromatic carbocycles. The van der Waals surface area contributed by atoms with Crippen LogP contribution in [0, 0.1) is 0 Å². The Kier molecular flexibility index (Phi) is 7.99. The van der Waals surface area contributed by atoms with Crippen molar-refractivity contribution in [3.63, 3.8) is 0 Å². The minimum atomic E-state index is -0.517. The van der Waals surface area contributed by atoms with Crippen LogP contribution in [0.1, 0.15) is 56.0 Å². The summed E-state index contributed by atoms with van der Waals surface area (Å²) in [7, 11) is 0. The van der Waals surface area contributed by atoms with Gasteiger partial charge in [-0.2, -0.15) is 0 Å². The monoisotopic (exact) mass is 384 g/mol. The summed E-state index contributed by atoms with van der Waals surface area (Å²) in [6, 6.07) is 13.2. The number of nitrogens with one attached hydrogen (secondary N) is 1. The van der Waals surface area contributed by atoms with Crippen LogP contribution >= 0.6 is 0 Å². The second-order valence-electron chi connectivity index (χ2n) is 7.44. The van der Waals surface area contributed by atoms with Crippen LogP contribution in [0.15, 0.2) is 48.7 Å². The molecule has 150 valence electrons. The number of hydrogen-bond acceptors (Lipinski definition) is 5. The number of ketones is 1. The lowest BCUT2D eigenvalue weighted by Gasteiger charge is -2.19. The summed E-state index contributed by atoms with van der Waals surface area (Å²) in [6.07, 6.45) is 2.88. The third-order valence-corrected chi connectivity index (χ3v) is 3.79. The number of amides is 1. The fraction of sp³-hybridized carbons (Fsp3) is 0.409. The molecule has 0 spiro atoms. The zero-order chi connectivity index (χ0) is 20.4. The fourth-order valence-corrected chi connectivity index (χ4v) is 2.49. The molecule has 1 amide bonds. The number of carbonyl (C=O) groups excluding carboxylic acids is 2. The molecule has 0 unspecified atom stereocenters. The van der Waals surface area contributed by atoms with Gasteiger partial charge < -0.3 is 14.8 Å². The van der Waals surface area contributed by atoms with Gasteiger partial charge in [0.1, 0.15) is 12.2 Å². The second kappa shape index (κ2) is 10.4. The average Bonchev–Trinajstić information content (AvgIpc) is 2.65. The maximum Gasteiger partial charge on any atom is 0.407 e. The maximum atomic E-state index is 12.5. The molecule has 0 radical (unpaired) electrons. The van der Waals surface area contributed by atoms with Crippen LogP contribution in [0.3, 0.4) is 0 Å². The highest BCUT2D eigenvalue weighted by molar-refractivity contribution is 5.98. The number of hydrogen-bond donors (Lipinski definition) is 1. The molecule has 0 saturated heterocycles. The van der Waals surface area contributed by atoms with E-state index in [2.05, 4.69) is 10.3 Å². The smallest absolute Gasteiger partial charge is 0.407 e. The zero-order valence-electron chi connectivity index (χ0n) is 16.7. The van der Waals surface area contributed by atoms with E-state index in [-0.39, 0.29) is 5.78 Å². The number of rotatable bonds is 9. The van der Waals surface area contributed by atoms with E-state index in [1.165, 1.54) is 0 Å². The minimum absolute atomic E-state index is 0.0200. The van der Waals surface area contributed by atoms with E-state index in [1.807, 2.05) is 51.1 Å². The first-order valence-corrected chi connectivity index (χ1v) is 9.47. The van der Waals surface area contributed by atoms with Gasteiger partial charge in [-0.05, 0) is 51.3 Å². The maximum absolute atomic E-state index is 12.5. The van der Waals surface area contributed by atoms with Crippen molar-refractivity contribution < 1.29 is 19.1 Å². The fourth-order valence-electron chi connectivity index (χ4n) is 2.49. The predicted molar refractivity (Wildman–Crippen MR) is 107 cm³/mol. The van der Waals surface area contributed by atoms with Crippen molar-refractivity contribution in [1.29, 1.82) is 0 Å². The molecule has 0 aliphatic carbocycles. The van der Waals surface area contributed by atoms with Crippen molar-refractivity contribution in [3.8, 4) is 5.88 Å². The summed E-state index contributed by atoms with van der Waals surface area (Å²) < 4.78 is 10.9. The summed E-state index contributed by atoms with van der Waals surface area (Å²) in [5, 5.41) is 2.69. The molecule has 6 nitrogen and oxygen atoms in total. The number of benzene rings is 1. The number of nitrogens with zero attached hydrogens (tertiary/aromatic N) is 1. The molecule has 0 aliphatic rings. The molecular formula is C22H28N2O4. The van der Waals surface area contributed by atoms with Gasteiger partial charge in [0.2, 0.25) is 5.88 Å². The van der Waals surface area contributed by atoms with E-state index in [0.717, 1.165) is 5.56 Å². The Morgan fingerprint density at radius 3 is 2.50 bits per heavy atom. The molecular weight excluding hydrogens is 356 g/mol. The molecule has 2 aromatic rings. The van der Waals surface area contributed by atoms with E-state index in [4.69, 9.17) is 9.47 Å². The Labute approximate surface area is 166 Å². The minimum Gasteiger partial charge on any atom is -0.472 e. The molecule has 0 aliphatic heterocycles. The first kappa shape index (κ1) is 21.4. The van der Waals surface area contributed by atoms with Crippen LogP contribution in [0.5, 0.6) is 5.88 Å². The van der Waals surface area contributed by atoms with E-state index in [0.29, 0.717) is 43.9 Å². The lowest BCUT2D eigenvalue weighted by atomic mass is 10.1. The Bertz CT molecular complexity index is 770. The first-order valence-electron chi connectivity index (χ1n) is 9.47. The highest BCUT2D eigenvalue weighted by Crippen LogP contribution is 2.19. The molecule has 0 saturated carbocycles. The van der Waals surface area contributed by atoms with E-state index in [9.17, 15) is 9.59 Å². The van der Waals surface area contributed by atoms with Gasteiger partial charge in [0.25, 0.3) is 0 Å². The number of pyridine rings is 1. The topological polar surface area (TPSA) is 77.5 Å². The third kappa shape index (κ3) is 7.78. The van der Waals surface area contributed by atoms with Gasteiger partial charge in [-0.15, -0.1) is 0 Å². The molecule has 0 fully saturated rings. The average molecular weight is 384 g/mol. The molecule has 1 heterocycles. The second-order valence-corrected chi connectivity index (χ2v) is 7.44. The Balaban J connectivity index is 1.77. The largest absolute Gasteiger partial charge is 0.472 e. The predicted octanol–water partition coefficient (Wildman–Crippen LogP) is 4.54. The van der Waals surface area contributed by atoms with Crippen molar-refractivity contribution >= 4 is 11.9 Å². The molecule has 0 bridgehead atoms. The van der Waals surface area contributed by atoms with Crippen LogP contribution in [0.25, 0.3) is 0 Å². The van der Waals surface area contributed by atoms with Crippen LogP contribution < -0.4 is 10.1 Å².